The SMILES string of the molecule is O=C(c1cnccc1C(F)(F)F)C1CCC(F)(F)C1. The van der Waals surface area contributed by atoms with E-state index in [1.54, 1.807) is 0 Å². The number of rotatable bonds is 2. The summed E-state index contributed by atoms with van der Waals surface area (Å²) in [5, 5.41) is 0. The van der Waals surface area contributed by atoms with Crippen LogP contribution in [0.2, 0.25) is 0 Å². The molecule has 19 heavy (non-hydrogen) atoms. The molecule has 1 heterocycles. The zero-order valence-electron chi connectivity index (χ0n) is 9.68. The Morgan fingerprint density at radius 2 is 2.05 bits per heavy atom. The third-order valence-electron chi connectivity index (χ3n) is 3.17. The van der Waals surface area contributed by atoms with Crippen LogP contribution >= 0.6 is 0 Å². The molecule has 0 radical (unpaired) electrons. The van der Waals surface area contributed by atoms with Crippen molar-refractivity contribution >= 4 is 5.78 Å². The van der Waals surface area contributed by atoms with Crippen LogP contribution in [-0.2, 0) is 6.18 Å². The second-order valence-electron chi connectivity index (χ2n) is 4.58. The second-order valence-corrected chi connectivity index (χ2v) is 4.58. The molecule has 0 aromatic carbocycles. The monoisotopic (exact) mass is 279 g/mol. The van der Waals surface area contributed by atoms with Crippen molar-refractivity contribution in [2.24, 2.45) is 5.92 Å². The van der Waals surface area contributed by atoms with Gasteiger partial charge in [0.15, 0.2) is 5.78 Å². The highest BCUT2D eigenvalue weighted by Gasteiger charge is 2.44. The molecule has 2 nitrogen and oxygen atoms in total. The van der Waals surface area contributed by atoms with Crippen LogP contribution in [0.15, 0.2) is 18.5 Å². The topological polar surface area (TPSA) is 30.0 Å². The maximum absolute atomic E-state index is 13.0. The van der Waals surface area contributed by atoms with Crippen LogP contribution in [0.3, 0.4) is 0 Å². The predicted molar refractivity (Wildman–Crippen MR) is 55.9 cm³/mol. The number of carbonyl (C=O) groups is 1. The largest absolute Gasteiger partial charge is 0.417 e. The van der Waals surface area contributed by atoms with Crippen LogP contribution in [0, 0.1) is 5.92 Å². The molecule has 7 heteroatoms. The van der Waals surface area contributed by atoms with Crippen molar-refractivity contribution in [1.82, 2.24) is 4.98 Å². The highest BCUT2D eigenvalue weighted by atomic mass is 19.4. The van der Waals surface area contributed by atoms with E-state index in [9.17, 15) is 26.7 Å². The molecule has 0 aliphatic heterocycles. The van der Waals surface area contributed by atoms with Gasteiger partial charge in [-0.2, -0.15) is 13.2 Å². The van der Waals surface area contributed by atoms with E-state index in [1.807, 2.05) is 0 Å². The van der Waals surface area contributed by atoms with E-state index in [0.29, 0.717) is 6.07 Å². The molecule has 1 aliphatic rings. The molecule has 2 rings (SSSR count). The van der Waals surface area contributed by atoms with Gasteiger partial charge in [0.25, 0.3) is 0 Å². The third-order valence-corrected chi connectivity index (χ3v) is 3.17. The minimum absolute atomic E-state index is 0.0992. The average Bonchev–Trinajstić information content (AvgIpc) is 2.68. The first-order chi connectivity index (χ1) is 8.71. The maximum Gasteiger partial charge on any atom is 0.417 e. The summed E-state index contributed by atoms with van der Waals surface area (Å²) < 4.78 is 64.2. The first-order valence-corrected chi connectivity index (χ1v) is 5.64. The summed E-state index contributed by atoms with van der Waals surface area (Å²) in [5.74, 6) is -4.95. The van der Waals surface area contributed by atoms with Crippen molar-refractivity contribution in [3.8, 4) is 0 Å². The maximum atomic E-state index is 13.0. The Hall–Kier alpha value is -1.53. The van der Waals surface area contributed by atoms with E-state index in [4.69, 9.17) is 0 Å². The fourth-order valence-electron chi connectivity index (χ4n) is 2.23. The van der Waals surface area contributed by atoms with Crippen LogP contribution in [0.1, 0.15) is 35.2 Å². The number of pyridine rings is 1. The number of alkyl halides is 5. The summed E-state index contributed by atoms with van der Waals surface area (Å²) in [6.45, 7) is 0. The van der Waals surface area contributed by atoms with Gasteiger partial charge in [0.2, 0.25) is 5.92 Å². The van der Waals surface area contributed by atoms with E-state index in [0.717, 1.165) is 12.4 Å². The predicted octanol–water partition coefficient (Wildman–Crippen LogP) is 3.72. The molecule has 0 bridgehead atoms. The van der Waals surface area contributed by atoms with E-state index in [-0.39, 0.29) is 6.42 Å². The molecule has 0 amide bonds. The number of ketones is 1. The molecule has 1 unspecified atom stereocenters. The number of carbonyl (C=O) groups excluding carboxylic acids is 1. The first-order valence-electron chi connectivity index (χ1n) is 5.64. The van der Waals surface area contributed by atoms with Gasteiger partial charge in [-0.3, -0.25) is 9.78 Å². The van der Waals surface area contributed by atoms with Gasteiger partial charge in [-0.25, -0.2) is 8.78 Å². The summed E-state index contributed by atoms with van der Waals surface area (Å²) in [7, 11) is 0. The lowest BCUT2D eigenvalue weighted by atomic mass is 9.94. The van der Waals surface area contributed by atoms with Gasteiger partial charge in [-0.05, 0) is 12.5 Å². The molecule has 0 spiro atoms. The molecule has 1 aromatic rings. The molecule has 1 aliphatic carbocycles. The minimum atomic E-state index is -4.70. The van der Waals surface area contributed by atoms with Crippen molar-refractivity contribution in [2.45, 2.75) is 31.4 Å². The quantitative estimate of drug-likeness (QED) is 0.610. The third kappa shape index (κ3) is 2.90. The summed E-state index contributed by atoms with van der Waals surface area (Å²) in [6.07, 6.45) is -4.25. The Kier molecular flexibility index (Phi) is 3.32. The number of hydrogen-bond donors (Lipinski definition) is 0. The lowest BCUT2D eigenvalue weighted by Crippen LogP contribution is -2.20. The van der Waals surface area contributed by atoms with Gasteiger partial charge in [0.05, 0.1) is 5.56 Å². The highest BCUT2D eigenvalue weighted by Crippen LogP contribution is 2.41. The molecule has 104 valence electrons. The van der Waals surface area contributed by atoms with Gasteiger partial charge in [-0.15, -0.1) is 0 Å². The smallest absolute Gasteiger partial charge is 0.294 e. The summed E-state index contributed by atoms with van der Waals surface area (Å²) >= 11 is 0. The number of halogens is 5. The van der Waals surface area contributed by atoms with E-state index in [2.05, 4.69) is 4.98 Å². The van der Waals surface area contributed by atoms with Crippen molar-refractivity contribution in [3.05, 3.63) is 29.6 Å². The Morgan fingerprint density at radius 1 is 1.37 bits per heavy atom. The zero-order valence-corrected chi connectivity index (χ0v) is 9.68. The Balaban J connectivity index is 2.30. The summed E-state index contributed by atoms with van der Waals surface area (Å²) in [5.41, 5.74) is -1.75. The number of hydrogen-bond acceptors (Lipinski definition) is 2. The van der Waals surface area contributed by atoms with Gasteiger partial charge in [-0.1, -0.05) is 0 Å². The van der Waals surface area contributed by atoms with Crippen molar-refractivity contribution in [1.29, 1.82) is 0 Å². The Bertz CT molecular complexity index is 497. The standard InChI is InChI=1S/C12H10F5NO/c13-11(14)3-1-7(5-11)10(19)8-6-18-4-2-9(8)12(15,16)17/h2,4,6-7H,1,3,5H2. The Labute approximate surface area is 105 Å². The lowest BCUT2D eigenvalue weighted by Gasteiger charge is -2.14. The van der Waals surface area contributed by atoms with E-state index >= 15 is 0 Å². The fraction of sp³-hybridized carbons (Fsp3) is 0.500. The van der Waals surface area contributed by atoms with Crippen LogP contribution < -0.4 is 0 Å². The van der Waals surface area contributed by atoms with Gasteiger partial charge < -0.3 is 0 Å². The summed E-state index contributed by atoms with van der Waals surface area (Å²) in [4.78, 5) is 15.4. The molecule has 1 aromatic heterocycles. The molecule has 0 saturated heterocycles. The minimum Gasteiger partial charge on any atom is -0.294 e. The van der Waals surface area contributed by atoms with Crippen LogP contribution in [-0.4, -0.2) is 16.7 Å². The Morgan fingerprint density at radius 3 is 2.58 bits per heavy atom. The normalized spacial score (nSPS) is 22.5. The lowest BCUT2D eigenvalue weighted by molar-refractivity contribution is -0.138. The average molecular weight is 279 g/mol. The molecular weight excluding hydrogens is 269 g/mol. The number of nitrogens with zero attached hydrogens (tertiary/aromatic N) is 1. The summed E-state index contributed by atoms with van der Waals surface area (Å²) in [6, 6.07) is 0.681. The van der Waals surface area contributed by atoms with Gasteiger partial charge in [0.1, 0.15) is 0 Å². The van der Waals surface area contributed by atoms with Crippen LogP contribution in [0.25, 0.3) is 0 Å². The molecule has 1 fully saturated rings. The van der Waals surface area contributed by atoms with Gasteiger partial charge in [0, 0.05) is 36.7 Å². The van der Waals surface area contributed by atoms with Crippen molar-refractivity contribution in [3.63, 3.8) is 0 Å². The molecule has 1 saturated carbocycles. The van der Waals surface area contributed by atoms with Crippen LogP contribution in [0.4, 0.5) is 22.0 Å². The number of aromatic nitrogens is 1. The van der Waals surface area contributed by atoms with Gasteiger partial charge >= 0.3 is 6.18 Å². The second kappa shape index (κ2) is 4.54. The first kappa shape index (κ1) is 13.9. The van der Waals surface area contributed by atoms with Crippen molar-refractivity contribution < 1.29 is 26.7 Å². The van der Waals surface area contributed by atoms with E-state index in [1.165, 1.54) is 0 Å². The number of Topliss-reactive ketones (excluding diaryl/α,β-unsaturated/α-hetero) is 1. The van der Waals surface area contributed by atoms with Crippen LogP contribution in [0.5, 0.6) is 0 Å². The zero-order chi connectivity index (χ0) is 14.3. The fourth-order valence-corrected chi connectivity index (χ4v) is 2.23. The van der Waals surface area contributed by atoms with Crippen molar-refractivity contribution in [2.75, 3.05) is 0 Å². The molecular formula is C12H10F5NO. The molecule has 1 atom stereocenters. The molecule has 0 N–H and O–H groups in total. The highest BCUT2D eigenvalue weighted by molar-refractivity contribution is 5.99. The van der Waals surface area contributed by atoms with E-state index < -0.39 is 47.8 Å².